The number of amides is 1. The fourth-order valence-electron chi connectivity index (χ4n) is 1.26. The Morgan fingerprint density at radius 3 is 2.82 bits per heavy atom. The van der Waals surface area contributed by atoms with Gasteiger partial charge in [-0.05, 0) is 6.42 Å². The van der Waals surface area contributed by atoms with Crippen LogP contribution in [-0.4, -0.2) is 29.4 Å². The molecule has 17 heavy (non-hydrogen) atoms. The molecule has 1 aromatic rings. The first-order valence-electron chi connectivity index (χ1n) is 5.20. The van der Waals surface area contributed by atoms with Gasteiger partial charge in [-0.3, -0.25) is 14.9 Å². The van der Waals surface area contributed by atoms with Crippen LogP contribution in [-0.2, 0) is 0 Å². The zero-order valence-corrected chi connectivity index (χ0v) is 9.69. The first kappa shape index (κ1) is 12.9. The van der Waals surface area contributed by atoms with Crippen LogP contribution < -0.4 is 10.6 Å². The van der Waals surface area contributed by atoms with Crippen molar-refractivity contribution in [1.29, 1.82) is 0 Å². The molecule has 92 valence electrons. The second-order valence-electron chi connectivity index (χ2n) is 3.35. The lowest BCUT2D eigenvalue weighted by Gasteiger charge is -2.06. The van der Waals surface area contributed by atoms with Crippen molar-refractivity contribution in [3.8, 4) is 0 Å². The lowest BCUT2D eigenvalue weighted by Crippen LogP contribution is -2.20. The summed E-state index contributed by atoms with van der Waals surface area (Å²) in [5.41, 5.74) is -0.294. The smallest absolute Gasteiger partial charge is 0.300 e. The van der Waals surface area contributed by atoms with Crippen molar-refractivity contribution in [2.24, 2.45) is 0 Å². The molecule has 0 radical (unpaired) electrons. The maximum atomic E-state index is 11.5. The predicted molar refractivity (Wildman–Crippen MR) is 63.1 cm³/mol. The molecule has 0 bridgehead atoms. The van der Waals surface area contributed by atoms with Gasteiger partial charge in [-0.1, -0.05) is 6.92 Å². The van der Waals surface area contributed by atoms with Crippen LogP contribution >= 0.6 is 0 Å². The van der Waals surface area contributed by atoms with E-state index in [-0.39, 0.29) is 11.3 Å². The molecule has 0 atom stereocenters. The molecule has 0 aromatic carbocycles. The van der Waals surface area contributed by atoms with Crippen molar-refractivity contribution in [1.82, 2.24) is 10.3 Å². The molecule has 7 heteroatoms. The molecule has 0 fully saturated rings. The number of aromatic nitrogens is 1. The van der Waals surface area contributed by atoms with E-state index in [4.69, 9.17) is 0 Å². The van der Waals surface area contributed by atoms with E-state index in [1.165, 1.54) is 13.1 Å². The van der Waals surface area contributed by atoms with Gasteiger partial charge in [0.2, 0.25) is 0 Å². The zero-order valence-electron chi connectivity index (χ0n) is 9.69. The minimum absolute atomic E-state index is 0.00565. The van der Waals surface area contributed by atoms with E-state index < -0.39 is 10.8 Å². The zero-order chi connectivity index (χ0) is 12.8. The van der Waals surface area contributed by atoms with Crippen LogP contribution in [0.5, 0.6) is 0 Å². The Bertz CT molecular complexity index is 434. The number of rotatable bonds is 5. The monoisotopic (exact) mass is 238 g/mol. The maximum Gasteiger partial charge on any atom is 0.300 e. The Hall–Kier alpha value is -2.18. The van der Waals surface area contributed by atoms with E-state index in [2.05, 4.69) is 15.6 Å². The van der Waals surface area contributed by atoms with Crippen molar-refractivity contribution < 1.29 is 9.72 Å². The van der Waals surface area contributed by atoms with Crippen molar-refractivity contribution in [3.05, 3.63) is 27.9 Å². The molecule has 0 aliphatic heterocycles. The van der Waals surface area contributed by atoms with Crippen LogP contribution in [0.3, 0.4) is 0 Å². The molecule has 0 saturated carbocycles. The second-order valence-corrected chi connectivity index (χ2v) is 3.35. The number of hydrogen-bond acceptors (Lipinski definition) is 5. The molecule has 0 spiro atoms. The fourth-order valence-corrected chi connectivity index (χ4v) is 1.26. The molecule has 1 aromatic heterocycles. The highest BCUT2D eigenvalue weighted by molar-refractivity contribution is 5.98. The van der Waals surface area contributed by atoms with Crippen molar-refractivity contribution in [2.75, 3.05) is 18.9 Å². The first-order chi connectivity index (χ1) is 8.10. The normalized spacial score (nSPS) is 9.76. The number of nitrogens with zero attached hydrogens (tertiary/aromatic N) is 2. The number of hydrogen-bond donors (Lipinski definition) is 2. The molecule has 0 unspecified atom stereocenters. The topological polar surface area (TPSA) is 97.2 Å². The van der Waals surface area contributed by atoms with Crippen LogP contribution in [0.25, 0.3) is 0 Å². The third-order valence-corrected chi connectivity index (χ3v) is 2.11. The summed E-state index contributed by atoms with van der Waals surface area (Å²) in [4.78, 5) is 25.5. The van der Waals surface area contributed by atoms with E-state index >= 15 is 0 Å². The van der Waals surface area contributed by atoms with Gasteiger partial charge in [0.15, 0.2) is 0 Å². The van der Waals surface area contributed by atoms with Gasteiger partial charge in [0.05, 0.1) is 4.92 Å². The highest BCUT2D eigenvalue weighted by Crippen LogP contribution is 2.20. The largest absolute Gasteiger partial charge is 0.370 e. The number of carbonyl (C=O) groups is 1. The first-order valence-corrected chi connectivity index (χ1v) is 5.20. The second kappa shape index (κ2) is 5.78. The summed E-state index contributed by atoms with van der Waals surface area (Å²) >= 11 is 0. The Morgan fingerprint density at radius 1 is 1.59 bits per heavy atom. The Morgan fingerprint density at radius 2 is 2.29 bits per heavy atom. The Balaban J connectivity index is 3.10. The molecule has 1 amide bonds. The van der Waals surface area contributed by atoms with Crippen LogP contribution in [0.1, 0.15) is 23.7 Å². The van der Waals surface area contributed by atoms with E-state index in [1.807, 2.05) is 6.92 Å². The Labute approximate surface area is 98.4 Å². The molecule has 2 N–H and O–H groups in total. The maximum absolute atomic E-state index is 11.5. The van der Waals surface area contributed by atoms with Crippen LogP contribution in [0.2, 0.25) is 0 Å². The Kier molecular flexibility index (Phi) is 4.38. The lowest BCUT2D eigenvalue weighted by molar-refractivity contribution is -0.385. The summed E-state index contributed by atoms with van der Waals surface area (Å²) in [5.74, 6) is -0.0466. The lowest BCUT2D eigenvalue weighted by atomic mass is 10.2. The van der Waals surface area contributed by atoms with E-state index in [0.717, 1.165) is 12.6 Å². The highest BCUT2D eigenvalue weighted by atomic mass is 16.6. The molecule has 0 aliphatic rings. The SMILES string of the molecule is CCCNc1cc(C(=O)NC)c([N+](=O)[O-])cn1. The molecule has 0 aliphatic carbocycles. The summed E-state index contributed by atoms with van der Waals surface area (Å²) in [5, 5.41) is 16.1. The summed E-state index contributed by atoms with van der Waals surface area (Å²) in [7, 11) is 1.42. The summed E-state index contributed by atoms with van der Waals surface area (Å²) in [6.07, 6.45) is 1.98. The van der Waals surface area contributed by atoms with Crippen LogP contribution in [0, 0.1) is 10.1 Å². The molecule has 1 rings (SSSR count). The quantitative estimate of drug-likeness (QED) is 0.592. The van der Waals surface area contributed by atoms with E-state index in [9.17, 15) is 14.9 Å². The van der Waals surface area contributed by atoms with Crippen LogP contribution in [0.15, 0.2) is 12.3 Å². The van der Waals surface area contributed by atoms with Gasteiger partial charge < -0.3 is 10.6 Å². The number of anilines is 1. The molecule has 1 heterocycles. The van der Waals surface area contributed by atoms with E-state index in [1.54, 1.807) is 0 Å². The van der Waals surface area contributed by atoms with Gasteiger partial charge in [0.1, 0.15) is 17.6 Å². The minimum atomic E-state index is -0.624. The molecular formula is C10H14N4O3. The third kappa shape index (κ3) is 3.13. The number of nitro groups is 1. The molecule has 0 saturated heterocycles. The average Bonchev–Trinajstić information content (AvgIpc) is 2.34. The summed E-state index contributed by atoms with van der Waals surface area (Å²) in [6.45, 7) is 2.68. The number of nitrogens with one attached hydrogen (secondary N) is 2. The van der Waals surface area contributed by atoms with Crippen molar-refractivity contribution in [2.45, 2.75) is 13.3 Å². The standard InChI is InChI=1S/C10H14N4O3/c1-3-4-12-9-5-7(10(15)11-2)8(6-13-9)14(16)17/h5-6H,3-4H2,1-2H3,(H,11,15)(H,12,13). The van der Waals surface area contributed by atoms with Gasteiger partial charge in [-0.25, -0.2) is 4.98 Å². The average molecular weight is 238 g/mol. The molecular weight excluding hydrogens is 224 g/mol. The van der Waals surface area contributed by atoms with E-state index in [0.29, 0.717) is 12.4 Å². The van der Waals surface area contributed by atoms with Crippen molar-refractivity contribution in [3.63, 3.8) is 0 Å². The summed E-state index contributed by atoms with van der Waals surface area (Å²) in [6, 6.07) is 1.38. The van der Waals surface area contributed by atoms with Crippen LogP contribution in [0.4, 0.5) is 11.5 Å². The fraction of sp³-hybridized carbons (Fsp3) is 0.400. The highest BCUT2D eigenvalue weighted by Gasteiger charge is 2.20. The van der Waals surface area contributed by atoms with Gasteiger partial charge in [0.25, 0.3) is 11.6 Å². The van der Waals surface area contributed by atoms with Gasteiger partial charge >= 0.3 is 0 Å². The van der Waals surface area contributed by atoms with Crippen molar-refractivity contribution >= 4 is 17.4 Å². The van der Waals surface area contributed by atoms with Gasteiger partial charge in [-0.2, -0.15) is 0 Å². The molecule has 7 nitrogen and oxygen atoms in total. The third-order valence-electron chi connectivity index (χ3n) is 2.11. The summed E-state index contributed by atoms with van der Waals surface area (Å²) < 4.78 is 0. The number of pyridine rings is 1. The number of carbonyl (C=O) groups excluding carboxylic acids is 1. The van der Waals surface area contributed by atoms with Gasteiger partial charge in [0, 0.05) is 19.7 Å². The minimum Gasteiger partial charge on any atom is -0.370 e. The predicted octanol–water partition coefficient (Wildman–Crippen LogP) is 1.17. The van der Waals surface area contributed by atoms with Gasteiger partial charge in [-0.15, -0.1) is 0 Å².